The van der Waals surface area contributed by atoms with Crippen LogP contribution in [0.4, 0.5) is 0 Å². The largest absolute Gasteiger partial charge is 0.461 e. The van der Waals surface area contributed by atoms with Crippen molar-refractivity contribution in [1.82, 2.24) is 0 Å². The summed E-state index contributed by atoms with van der Waals surface area (Å²) in [5.74, 6) is 1.24. The van der Waals surface area contributed by atoms with E-state index in [0.29, 0.717) is 12.3 Å². The third-order valence-corrected chi connectivity index (χ3v) is 2.95. The molecule has 0 aliphatic heterocycles. The average molecular weight is 245 g/mol. The van der Waals surface area contributed by atoms with Gasteiger partial charge in [-0.25, -0.2) is 4.79 Å². The molecule has 16 heavy (non-hydrogen) atoms. The number of hydrogen-bond donors (Lipinski definition) is 0. The van der Waals surface area contributed by atoms with E-state index in [4.69, 9.17) is 4.74 Å². The van der Waals surface area contributed by atoms with Gasteiger partial charge in [-0.2, -0.15) is 11.8 Å². The van der Waals surface area contributed by atoms with Crippen molar-refractivity contribution in [2.24, 2.45) is 11.1 Å². The maximum absolute atomic E-state index is 11.5. The maximum Gasteiger partial charge on any atom is 0.356 e. The molecule has 0 saturated heterocycles. The van der Waals surface area contributed by atoms with Gasteiger partial charge in [-0.15, -0.1) is 6.58 Å². The van der Waals surface area contributed by atoms with Gasteiger partial charge in [0.2, 0.25) is 0 Å². The zero-order chi connectivity index (χ0) is 12.4. The second-order valence-corrected chi connectivity index (χ2v) is 4.18. The number of rotatable bonds is 8. The van der Waals surface area contributed by atoms with Crippen molar-refractivity contribution in [3.05, 3.63) is 12.7 Å². The molecule has 0 bridgehead atoms. The fourth-order valence-electron chi connectivity index (χ4n) is 1.04. The Kier molecular flexibility index (Phi) is 8.71. The summed E-state index contributed by atoms with van der Waals surface area (Å²) in [6.07, 6.45) is 1.83. The quantitative estimate of drug-likeness (QED) is 0.216. The van der Waals surface area contributed by atoms with Crippen LogP contribution in [0.5, 0.6) is 0 Å². The number of oxime groups is 1. The van der Waals surface area contributed by atoms with Gasteiger partial charge in [0.15, 0.2) is 5.71 Å². The molecule has 0 radical (unpaired) electrons. The molecule has 1 unspecified atom stereocenters. The van der Waals surface area contributed by atoms with Crippen molar-refractivity contribution in [2.45, 2.75) is 13.8 Å². The second-order valence-electron chi connectivity index (χ2n) is 3.11. The van der Waals surface area contributed by atoms with Crippen LogP contribution in [0, 0.1) is 5.92 Å². The van der Waals surface area contributed by atoms with Crippen LogP contribution in [0.1, 0.15) is 13.8 Å². The molecule has 0 aromatic heterocycles. The van der Waals surface area contributed by atoms with E-state index in [1.807, 2.05) is 13.0 Å². The molecule has 0 fully saturated rings. The van der Waals surface area contributed by atoms with Gasteiger partial charge in [-0.1, -0.05) is 18.2 Å². The summed E-state index contributed by atoms with van der Waals surface area (Å²) < 4.78 is 4.90. The molecule has 0 rings (SSSR count). The predicted octanol–water partition coefficient (Wildman–Crippen LogP) is 2.11. The normalized spacial score (nSPS) is 13.1. The lowest BCUT2D eigenvalue weighted by Gasteiger charge is -2.11. The van der Waals surface area contributed by atoms with Gasteiger partial charge < -0.3 is 9.57 Å². The molecule has 0 aliphatic rings. The first kappa shape index (κ1) is 15.0. The van der Waals surface area contributed by atoms with Crippen LogP contribution < -0.4 is 0 Å². The van der Waals surface area contributed by atoms with Gasteiger partial charge in [0, 0.05) is 17.4 Å². The summed E-state index contributed by atoms with van der Waals surface area (Å²) in [5.41, 5.74) is 0.334. The van der Waals surface area contributed by atoms with Gasteiger partial charge >= 0.3 is 5.97 Å². The molecule has 5 heteroatoms. The highest BCUT2D eigenvalue weighted by molar-refractivity contribution is 7.99. The number of thioether (sulfide) groups is 1. The Morgan fingerprint density at radius 3 is 2.81 bits per heavy atom. The van der Waals surface area contributed by atoms with Crippen molar-refractivity contribution in [1.29, 1.82) is 0 Å². The van der Waals surface area contributed by atoms with Crippen molar-refractivity contribution in [3.8, 4) is 0 Å². The molecule has 0 heterocycles. The van der Waals surface area contributed by atoms with Gasteiger partial charge in [0.25, 0.3) is 0 Å². The molecule has 0 saturated carbocycles. The lowest BCUT2D eigenvalue weighted by atomic mass is 10.1. The standard InChI is InChI=1S/C11H19NO3S/c1-5-7-16-8-9(3)10(12-14-4)11(13)15-6-2/h5,9H,1,6-8H2,2-4H3. The van der Waals surface area contributed by atoms with Crippen molar-refractivity contribution < 1.29 is 14.4 Å². The second kappa shape index (κ2) is 9.27. The fraction of sp³-hybridized carbons (Fsp3) is 0.636. The monoisotopic (exact) mass is 245 g/mol. The summed E-state index contributed by atoms with van der Waals surface area (Å²) >= 11 is 1.69. The van der Waals surface area contributed by atoms with E-state index in [9.17, 15) is 4.79 Å². The van der Waals surface area contributed by atoms with E-state index in [0.717, 1.165) is 11.5 Å². The zero-order valence-corrected chi connectivity index (χ0v) is 10.9. The summed E-state index contributed by atoms with van der Waals surface area (Å²) in [6, 6.07) is 0. The number of carbonyl (C=O) groups is 1. The lowest BCUT2D eigenvalue weighted by Crippen LogP contribution is -2.26. The van der Waals surface area contributed by atoms with E-state index in [1.54, 1.807) is 18.7 Å². The highest BCUT2D eigenvalue weighted by Crippen LogP contribution is 2.11. The highest BCUT2D eigenvalue weighted by Gasteiger charge is 2.21. The Bertz CT molecular complexity index is 254. The minimum atomic E-state index is -0.406. The van der Waals surface area contributed by atoms with Crippen LogP contribution in [0.15, 0.2) is 17.8 Å². The van der Waals surface area contributed by atoms with Gasteiger partial charge in [-0.05, 0) is 6.92 Å². The Morgan fingerprint density at radius 1 is 1.62 bits per heavy atom. The molecule has 0 spiro atoms. The molecule has 0 N–H and O–H groups in total. The van der Waals surface area contributed by atoms with Gasteiger partial charge in [-0.3, -0.25) is 0 Å². The van der Waals surface area contributed by atoms with Crippen molar-refractivity contribution in [3.63, 3.8) is 0 Å². The first-order chi connectivity index (χ1) is 7.67. The Hall–Kier alpha value is -0.970. The molecular formula is C11H19NO3S. The Morgan fingerprint density at radius 2 is 2.31 bits per heavy atom. The average Bonchev–Trinajstić information content (AvgIpc) is 2.26. The predicted molar refractivity (Wildman–Crippen MR) is 67.8 cm³/mol. The fourth-order valence-corrected chi connectivity index (χ4v) is 1.85. The topological polar surface area (TPSA) is 47.9 Å². The first-order valence-corrected chi connectivity index (χ1v) is 6.29. The third kappa shape index (κ3) is 5.80. The first-order valence-electron chi connectivity index (χ1n) is 5.14. The SMILES string of the molecule is C=CCSCC(C)C(=NOC)C(=O)OCC. The van der Waals surface area contributed by atoms with Crippen LogP contribution in [-0.4, -0.2) is 36.9 Å². The highest BCUT2D eigenvalue weighted by atomic mass is 32.2. The molecule has 1 atom stereocenters. The zero-order valence-electron chi connectivity index (χ0n) is 10.1. The minimum absolute atomic E-state index is 0.00366. The summed E-state index contributed by atoms with van der Waals surface area (Å²) in [5, 5.41) is 3.72. The number of nitrogens with zero attached hydrogens (tertiary/aromatic N) is 1. The van der Waals surface area contributed by atoms with Crippen LogP contribution >= 0.6 is 11.8 Å². The number of ether oxygens (including phenoxy) is 1. The summed E-state index contributed by atoms with van der Waals surface area (Å²) in [4.78, 5) is 16.2. The van der Waals surface area contributed by atoms with Crippen molar-refractivity contribution in [2.75, 3.05) is 25.2 Å². The smallest absolute Gasteiger partial charge is 0.356 e. The van der Waals surface area contributed by atoms with Gasteiger partial charge in [0.05, 0.1) is 6.61 Å². The molecule has 0 aromatic rings. The lowest BCUT2D eigenvalue weighted by molar-refractivity contribution is -0.135. The molecular weight excluding hydrogens is 226 g/mol. The molecule has 4 nitrogen and oxygen atoms in total. The van der Waals surface area contributed by atoms with E-state index < -0.39 is 5.97 Å². The van der Waals surface area contributed by atoms with Crippen LogP contribution in [0.2, 0.25) is 0 Å². The Labute approximate surface area is 101 Å². The van der Waals surface area contributed by atoms with E-state index >= 15 is 0 Å². The van der Waals surface area contributed by atoms with E-state index in [2.05, 4.69) is 16.6 Å². The van der Waals surface area contributed by atoms with Crippen molar-refractivity contribution >= 4 is 23.4 Å². The molecule has 0 amide bonds. The molecule has 0 aliphatic carbocycles. The number of hydrogen-bond acceptors (Lipinski definition) is 5. The summed E-state index contributed by atoms with van der Waals surface area (Å²) in [7, 11) is 1.42. The van der Waals surface area contributed by atoms with E-state index in [1.165, 1.54) is 7.11 Å². The van der Waals surface area contributed by atoms with Crippen LogP contribution in [0.3, 0.4) is 0 Å². The Balaban J connectivity index is 4.34. The molecule has 92 valence electrons. The van der Waals surface area contributed by atoms with Crippen LogP contribution in [-0.2, 0) is 14.4 Å². The van der Waals surface area contributed by atoms with Gasteiger partial charge in [0.1, 0.15) is 7.11 Å². The summed E-state index contributed by atoms with van der Waals surface area (Å²) in [6.45, 7) is 7.66. The van der Waals surface area contributed by atoms with Crippen LogP contribution in [0.25, 0.3) is 0 Å². The number of esters is 1. The van der Waals surface area contributed by atoms with E-state index in [-0.39, 0.29) is 5.92 Å². The molecule has 0 aromatic carbocycles. The maximum atomic E-state index is 11.5. The number of carbonyl (C=O) groups excluding carboxylic acids is 1. The minimum Gasteiger partial charge on any atom is -0.461 e. The third-order valence-electron chi connectivity index (χ3n) is 1.74.